The maximum Gasteiger partial charge on any atom is 0.264 e. The number of rotatable bonds is 6. The van der Waals surface area contributed by atoms with Gasteiger partial charge in [-0.3, -0.25) is 9.10 Å². The third-order valence-electron chi connectivity index (χ3n) is 7.47. The van der Waals surface area contributed by atoms with Crippen molar-refractivity contribution in [1.29, 1.82) is 0 Å². The first-order valence-corrected chi connectivity index (χ1v) is 14.6. The number of fused-ring (bicyclic) bond motifs is 3. The van der Waals surface area contributed by atoms with E-state index in [0.29, 0.717) is 11.3 Å². The second-order valence-electron chi connectivity index (χ2n) is 9.90. The van der Waals surface area contributed by atoms with Gasteiger partial charge in [-0.2, -0.15) is 0 Å². The Labute approximate surface area is 238 Å². The molecule has 0 saturated heterocycles. The molecule has 0 aliphatic rings. The lowest BCUT2D eigenvalue weighted by atomic mass is 9.92. The molecule has 2 aromatic heterocycles. The quantitative estimate of drug-likeness (QED) is 0.241. The Kier molecular flexibility index (Phi) is 6.55. The minimum Gasteiger partial charge on any atom is -0.339 e. The molecule has 1 N–H and O–H groups in total. The molecule has 7 nitrogen and oxygen atoms in total. The molecule has 0 atom stereocenters. The summed E-state index contributed by atoms with van der Waals surface area (Å²) in [5.74, 6) is -0.0420. The van der Waals surface area contributed by atoms with Crippen LogP contribution in [0.15, 0.2) is 114 Å². The van der Waals surface area contributed by atoms with E-state index in [-0.39, 0.29) is 10.8 Å². The number of anilines is 2. The number of benzene rings is 4. The Hall–Kier alpha value is -4.95. The van der Waals surface area contributed by atoms with Gasteiger partial charge in [-0.25, -0.2) is 13.4 Å². The third-order valence-corrected chi connectivity index (χ3v) is 9.27. The van der Waals surface area contributed by atoms with E-state index in [0.717, 1.165) is 44.2 Å². The average molecular weight is 561 g/mol. The van der Waals surface area contributed by atoms with Crippen LogP contribution < -0.4 is 9.21 Å². The zero-order valence-corrected chi connectivity index (χ0v) is 23.7. The van der Waals surface area contributed by atoms with E-state index in [2.05, 4.69) is 17.1 Å². The lowest BCUT2D eigenvalue weighted by Gasteiger charge is -2.20. The van der Waals surface area contributed by atoms with E-state index in [9.17, 15) is 13.2 Å². The molecule has 0 radical (unpaired) electrons. The summed E-state index contributed by atoms with van der Waals surface area (Å²) in [6.45, 7) is 1.53. The molecule has 6 rings (SSSR count). The molecule has 1 amide bonds. The molecule has 0 spiro atoms. The first-order chi connectivity index (χ1) is 19.8. The van der Waals surface area contributed by atoms with E-state index in [1.165, 1.54) is 11.2 Å². The standard InChI is InChI=1S/C33H28N4O3S/c1-22(38)36(2)25-16-14-23(15-17-25)29-21-34-33-32(31(29)24-10-6-4-7-11-24)28-20-26(18-19-30(28)35-33)37(3)41(39,40)27-12-8-5-9-13-27/h4-21H,1-3H3,(H,34,35). The number of H-pyrrole nitrogens is 1. The minimum absolute atomic E-state index is 0.0420. The number of amides is 1. The van der Waals surface area contributed by atoms with Gasteiger partial charge in [0.05, 0.1) is 10.6 Å². The van der Waals surface area contributed by atoms with Crippen molar-refractivity contribution in [2.45, 2.75) is 11.8 Å². The number of pyridine rings is 1. The largest absolute Gasteiger partial charge is 0.339 e. The first kappa shape index (κ1) is 26.3. The van der Waals surface area contributed by atoms with Gasteiger partial charge in [0.1, 0.15) is 5.65 Å². The third kappa shape index (κ3) is 4.62. The van der Waals surface area contributed by atoms with Gasteiger partial charge in [-0.1, -0.05) is 60.7 Å². The second kappa shape index (κ2) is 10.2. The van der Waals surface area contributed by atoms with Crippen LogP contribution in [0, 0.1) is 0 Å². The number of carbonyl (C=O) groups excluding carboxylic acids is 1. The molecule has 0 saturated carbocycles. The van der Waals surface area contributed by atoms with Crippen molar-refractivity contribution in [3.05, 3.63) is 109 Å². The Bertz CT molecular complexity index is 2000. The van der Waals surface area contributed by atoms with E-state index >= 15 is 0 Å². The predicted molar refractivity (Wildman–Crippen MR) is 166 cm³/mol. The number of aromatic amines is 1. The van der Waals surface area contributed by atoms with Crippen molar-refractivity contribution in [3.8, 4) is 22.3 Å². The fraction of sp³-hybridized carbons (Fsp3) is 0.0909. The lowest BCUT2D eigenvalue weighted by molar-refractivity contribution is -0.116. The van der Waals surface area contributed by atoms with Crippen molar-refractivity contribution in [3.63, 3.8) is 0 Å². The van der Waals surface area contributed by atoms with Gasteiger partial charge < -0.3 is 9.88 Å². The number of nitrogens with zero attached hydrogens (tertiary/aromatic N) is 3. The molecule has 0 aliphatic heterocycles. The van der Waals surface area contributed by atoms with Gasteiger partial charge in [-0.15, -0.1) is 0 Å². The molecule has 8 heteroatoms. The summed E-state index contributed by atoms with van der Waals surface area (Å²) in [6, 6.07) is 31.9. The van der Waals surface area contributed by atoms with E-state index < -0.39 is 10.0 Å². The number of aromatic nitrogens is 2. The van der Waals surface area contributed by atoms with Gasteiger partial charge in [0.2, 0.25) is 5.91 Å². The van der Waals surface area contributed by atoms with Gasteiger partial charge in [0.15, 0.2) is 0 Å². The minimum atomic E-state index is -3.75. The molecule has 41 heavy (non-hydrogen) atoms. The smallest absolute Gasteiger partial charge is 0.264 e. The fourth-order valence-corrected chi connectivity index (χ4v) is 6.31. The maximum absolute atomic E-state index is 13.4. The molecule has 204 valence electrons. The molecule has 0 aliphatic carbocycles. The SMILES string of the molecule is CC(=O)N(C)c1ccc(-c2cnc3[nH]c4ccc(N(C)S(=O)(=O)c5ccccc5)cc4c3c2-c2ccccc2)cc1. The average Bonchev–Trinajstić information content (AvgIpc) is 3.38. The Balaban J connectivity index is 1.56. The highest BCUT2D eigenvalue weighted by atomic mass is 32.2. The van der Waals surface area contributed by atoms with Crippen molar-refractivity contribution < 1.29 is 13.2 Å². The van der Waals surface area contributed by atoms with Crippen LogP contribution >= 0.6 is 0 Å². The zero-order valence-electron chi connectivity index (χ0n) is 22.9. The molecule has 0 bridgehead atoms. The van der Waals surface area contributed by atoms with Gasteiger partial charge in [0, 0.05) is 60.3 Å². The molecular weight excluding hydrogens is 532 g/mol. The summed E-state index contributed by atoms with van der Waals surface area (Å²) in [6.07, 6.45) is 1.86. The van der Waals surface area contributed by atoms with Crippen molar-refractivity contribution in [2.75, 3.05) is 23.3 Å². The summed E-state index contributed by atoms with van der Waals surface area (Å²) in [5.41, 5.74) is 6.79. The summed E-state index contributed by atoms with van der Waals surface area (Å²) in [7, 11) is -0.430. The van der Waals surface area contributed by atoms with E-state index in [1.807, 2.05) is 60.8 Å². The summed E-state index contributed by atoms with van der Waals surface area (Å²) in [5, 5.41) is 1.77. The molecule has 2 heterocycles. The summed E-state index contributed by atoms with van der Waals surface area (Å²) in [4.78, 5) is 21.9. The molecule has 0 unspecified atom stereocenters. The molecule has 0 fully saturated rings. The highest BCUT2D eigenvalue weighted by molar-refractivity contribution is 7.92. The molecule has 6 aromatic rings. The van der Waals surface area contributed by atoms with Gasteiger partial charge >= 0.3 is 0 Å². The fourth-order valence-electron chi connectivity index (χ4n) is 5.10. The number of sulfonamides is 1. The monoisotopic (exact) mass is 560 g/mol. The van der Waals surface area contributed by atoms with Crippen LogP contribution in [0.5, 0.6) is 0 Å². The second-order valence-corrected chi connectivity index (χ2v) is 11.9. The van der Waals surface area contributed by atoms with Crippen LogP contribution in [-0.2, 0) is 14.8 Å². The number of nitrogens with one attached hydrogen (secondary N) is 1. The maximum atomic E-state index is 13.4. The highest BCUT2D eigenvalue weighted by Gasteiger charge is 2.23. The van der Waals surface area contributed by atoms with Crippen LogP contribution in [0.25, 0.3) is 44.2 Å². The van der Waals surface area contributed by atoms with Crippen LogP contribution in [0.4, 0.5) is 11.4 Å². The number of hydrogen-bond donors (Lipinski definition) is 1. The van der Waals surface area contributed by atoms with E-state index in [1.54, 1.807) is 55.4 Å². The number of carbonyl (C=O) groups is 1. The molecule has 4 aromatic carbocycles. The van der Waals surface area contributed by atoms with Crippen LogP contribution in [0.2, 0.25) is 0 Å². The Morgan fingerprint density at radius 1 is 0.780 bits per heavy atom. The topological polar surface area (TPSA) is 86.4 Å². The Morgan fingerprint density at radius 3 is 2.07 bits per heavy atom. The first-order valence-electron chi connectivity index (χ1n) is 13.1. The van der Waals surface area contributed by atoms with Crippen molar-refractivity contribution >= 4 is 49.2 Å². The van der Waals surface area contributed by atoms with Crippen LogP contribution in [-0.4, -0.2) is 38.4 Å². The zero-order chi connectivity index (χ0) is 28.7. The highest BCUT2D eigenvalue weighted by Crippen LogP contribution is 2.41. The van der Waals surface area contributed by atoms with E-state index in [4.69, 9.17) is 4.98 Å². The van der Waals surface area contributed by atoms with Crippen LogP contribution in [0.3, 0.4) is 0 Å². The van der Waals surface area contributed by atoms with Gasteiger partial charge in [-0.05, 0) is 53.6 Å². The van der Waals surface area contributed by atoms with Crippen molar-refractivity contribution in [1.82, 2.24) is 9.97 Å². The molecular formula is C33H28N4O3S. The Morgan fingerprint density at radius 2 is 1.41 bits per heavy atom. The number of hydrogen-bond acceptors (Lipinski definition) is 4. The predicted octanol–water partition coefficient (Wildman–Crippen LogP) is 6.86. The van der Waals surface area contributed by atoms with Gasteiger partial charge in [0.25, 0.3) is 10.0 Å². The lowest BCUT2D eigenvalue weighted by Crippen LogP contribution is -2.26. The summed E-state index contributed by atoms with van der Waals surface area (Å²) < 4.78 is 28.1. The normalized spacial score (nSPS) is 11.6. The van der Waals surface area contributed by atoms with Crippen LogP contribution in [0.1, 0.15) is 6.92 Å². The van der Waals surface area contributed by atoms with Crippen molar-refractivity contribution in [2.24, 2.45) is 0 Å². The summed E-state index contributed by atoms with van der Waals surface area (Å²) >= 11 is 0.